The fourth-order valence-corrected chi connectivity index (χ4v) is 3.74. The van der Waals surface area contributed by atoms with E-state index in [9.17, 15) is 0 Å². The molecule has 0 spiro atoms. The molecule has 0 bridgehead atoms. The van der Waals surface area contributed by atoms with E-state index in [1.54, 1.807) is 18.2 Å². The number of anilines is 3. The molecule has 1 N–H and O–H groups in total. The van der Waals surface area contributed by atoms with Crippen LogP contribution in [0, 0.1) is 6.92 Å². The van der Waals surface area contributed by atoms with Crippen LogP contribution in [-0.4, -0.2) is 16.5 Å². The van der Waals surface area contributed by atoms with Crippen LogP contribution in [0.1, 0.15) is 16.8 Å². The SMILES string of the molecule is Cc1cc(N2CCc3ccccc3C2)nc(Nc2cc(Cl)cc(Cl)c2)n1. The van der Waals surface area contributed by atoms with Crippen molar-refractivity contribution in [3.8, 4) is 0 Å². The Morgan fingerprint density at radius 3 is 2.46 bits per heavy atom. The quantitative estimate of drug-likeness (QED) is 0.656. The van der Waals surface area contributed by atoms with Crippen molar-refractivity contribution in [2.75, 3.05) is 16.8 Å². The van der Waals surface area contributed by atoms with Crippen molar-refractivity contribution >= 4 is 40.7 Å². The topological polar surface area (TPSA) is 41.1 Å². The second-order valence-electron chi connectivity index (χ2n) is 6.41. The number of halogens is 2. The highest BCUT2D eigenvalue weighted by molar-refractivity contribution is 6.35. The lowest BCUT2D eigenvalue weighted by Crippen LogP contribution is -2.31. The summed E-state index contributed by atoms with van der Waals surface area (Å²) in [5.41, 5.74) is 4.44. The third-order valence-electron chi connectivity index (χ3n) is 4.41. The second-order valence-corrected chi connectivity index (χ2v) is 7.29. The number of fused-ring (bicyclic) bond motifs is 1. The van der Waals surface area contributed by atoms with Crippen LogP contribution < -0.4 is 10.2 Å². The summed E-state index contributed by atoms with van der Waals surface area (Å²) in [4.78, 5) is 11.5. The third-order valence-corrected chi connectivity index (χ3v) is 4.85. The highest BCUT2D eigenvalue weighted by Crippen LogP contribution is 2.27. The number of aryl methyl sites for hydroxylation is 1. The Morgan fingerprint density at radius 2 is 1.69 bits per heavy atom. The summed E-state index contributed by atoms with van der Waals surface area (Å²) >= 11 is 12.2. The molecule has 1 aromatic heterocycles. The second kappa shape index (κ2) is 7.14. The van der Waals surface area contributed by atoms with Gasteiger partial charge in [-0.1, -0.05) is 47.5 Å². The molecule has 2 aromatic carbocycles. The lowest BCUT2D eigenvalue weighted by Gasteiger charge is -2.30. The molecule has 3 aromatic rings. The van der Waals surface area contributed by atoms with Gasteiger partial charge in [0.05, 0.1) is 0 Å². The Hall–Kier alpha value is -2.30. The molecule has 0 atom stereocenters. The van der Waals surface area contributed by atoms with Gasteiger partial charge in [-0.3, -0.25) is 0 Å². The molecule has 26 heavy (non-hydrogen) atoms. The number of benzene rings is 2. The molecule has 0 fully saturated rings. The summed E-state index contributed by atoms with van der Waals surface area (Å²) in [6.45, 7) is 3.77. The molecule has 1 aliphatic heterocycles. The molecule has 0 unspecified atom stereocenters. The minimum Gasteiger partial charge on any atom is -0.352 e. The van der Waals surface area contributed by atoms with Crippen LogP contribution in [0.2, 0.25) is 10.0 Å². The van der Waals surface area contributed by atoms with E-state index in [-0.39, 0.29) is 0 Å². The van der Waals surface area contributed by atoms with Crippen LogP contribution in [0.15, 0.2) is 48.5 Å². The lowest BCUT2D eigenvalue weighted by atomic mass is 10.00. The first-order chi connectivity index (χ1) is 12.6. The predicted molar refractivity (Wildman–Crippen MR) is 108 cm³/mol. The Bertz CT molecular complexity index is 938. The molecule has 0 aliphatic carbocycles. The Labute approximate surface area is 162 Å². The fraction of sp³-hybridized carbons (Fsp3) is 0.200. The number of nitrogens with zero attached hydrogens (tertiary/aromatic N) is 3. The number of nitrogens with one attached hydrogen (secondary N) is 1. The van der Waals surface area contributed by atoms with Crippen LogP contribution in [0.25, 0.3) is 0 Å². The number of hydrogen-bond acceptors (Lipinski definition) is 4. The average Bonchev–Trinajstić information content (AvgIpc) is 2.60. The molecule has 0 saturated heterocycles. The van der Waals surface area contributed by atoms with Crippen LogP contribution >= 0.6 is 23.2 Å². The Morgan fingerprint density at radius 1 is 0.962 bits per heavy atom. The zero-order valence-corrected chi connectivity index (χ0v) is 15.8. The van der Waals surface area contributed by atoms with Gasteiger partial charge in [0.25, 0.3) is 0 Å². The van der Waals surface area contributed by atoms with E-state index in [2.05, 4.69) is 39.5 Å². The molecule has 0 radical (unpaired) electrons. The van der Waals surface area contributed by atoms with Gasteiger partial charge in [0.2, 0.25) is 5.95 Å². The van der Waals surface area contributed by atoms with E-state index >= 15 is 0 Å². The van der Waals surface area contributed by atoms with E-state index in [1.807, 2.05) is 13.0 Å². The van der Waals surface area contributed by atoms with Crippen molar-refractivity contribution in [3.05, 3.63) is 75.4 Å². The number of aromatic nitrogens is 2. The summed E-state index contributed by atoms with van der Waals surface area (Å²) < 4.78 is 0. The minimum atomic E-state index is 0.539. The van der Waals surface area contributed by atoms with Crippen LogP contribution in [0.3, 0.4) is 0 Å². The molecule has 0 amide bonds. The first-order valence-corrected chi connectivity index (χ1v) is 9.23. The van der Waals surface area contributed by atoms with Gasteiger partial charge in [0, 0.05) is 40.6 Å². The molecule has 2 heterocycles. The van der Waals surface area contributed by atoms with Crippen molar-refractivity contribution in [1.29, 1.82) is 0 Å². The molecular weight excluding hydrogens is 367 g/mol. The molecule has 1 aliphatic rings. The maximum absolute atomic E-state index is 6.08. The van der Waals surface area contributed by atoms with Crippen molar-refractivity contribution in [2.45, 2.75) is 19.9 Å². The van der Waals surface area contributed by atoms with E-state index in [4.69, 9.17) is 28.2 Å². The van der Waals surface area contributed by atoms with Gasteiger partial charge in [-0.25, -0.2) is 4.98 Å². The summed E-state index contributed by atoms with van der Waals surface area (Å²) in [6.07, 6.45) is 1.02. The molecule has 4 rings (SSSR count). The van der Waals surface area contributed by atoms with Gasteiger partial charge in [-0.05, 0) is 42.7 Å². The highest BCUT2D eigenvalue weighted by atomic mass is 35.5. The summed E-state index contributed by atoms with van der Waals surface area (Å²) in [7, 11) is 0. The van der Waals surface area contributed by atoms with E-state index < -0.39 is 0 Å². The molecule has 6 heteroatoms. The van der Waals surface area contributed by atoms with Crippen molar-refractivity contribution in [3.63, 3.8) is 0 Å². The van der Waals surface area contributed by atoms with Crippen molar-refractivity contribution < 1.29 is 0 Å². The van der Waals surface area contributed by atoms with Gasteiger partial charge in [-0.15, -0.1) is 0 Å². The van der Waals surface area contributed by atoms with Gasteiger partial charge < -0.3 is 10.2 Å². The van der Waals surface area contributed by atoms with Gasteiger partial charge in [-0.2, -0.15) is 4.98 Å². The first kappa shape index (κ1) is 17.1. The normalized spacial score (nSPS) is 13.4. The summed E-state index contributed by atoms with van der Waals surface area (Å²) in [5, 5.41) is 4.35. The van der Waals surface area contributed by atoms with Crippen LogP contribution in [-0.2, 0) is 13.0 Å². The van der Waals surface area contributed by atoms with Crippen molar-refractivity contribution in [1.82, 2.24) is 9.97 Å². The first-order valence-electron chi connectivity index (χ1n) is 8.47. The maximum atomic E-state index is 6.08. The molecular formula is C20H18Cl2N4. The van der Waals surface area contributed by atoms with E-state index in [1.165, 1.54) is 11.1 Å². The zero-order valence-electron chi connectivity index (χ0n) is 14.3. The van der Waals surface area contributed by atoms with Gasteiger partial charge >= 0.3 is 0 Å². The fourth-order valence-electron chi connectivity index (χ4n) is 3.22. The highest BCUT2D eigenvalue weighted by Gasteiger charge is 2.18. The minimum absolute atomic E-state index is 0.539. The Kier molecular flexibility index (Phi) is 4.70. The molecule has 0 saturated carbocycles. The van der Waals surface area contributed by atoms with Crippen LogP contribution in [0.5, 0.6) is 0 Å². The van der Waals surface area contributed by atoms with Gasteiger partial charge in [0.15, 0.2) is 0 Å². The summed E-state index contributed by atoms with van der Waals surface area (Å²) in [6, 6.07) is 15.9. The van der Waals surface area contributed by atoms with Crippen LogP contribution in [0.4, 0.5) is 17.5 Å². The molecule has 132 valence electrons. The monoisotopic (exact) mass is 384 g/mol. The number of rotatable bonds is 3. The lowest BCUT2D eigenvalue weighted by molar-refractivity contribution is 0.719. The third kappa shape index (κ3) is 3.76. The number of hydrogen-bond donors (Lipinski definition) is 1. The average molecular weight is 385 g/mol. The maximum Gasteiger partial charge on any atom is 0.229 e. The van der Waals surface area contributed by atoms with E-state index in [0.29, 0.717) is 16.0 Å². The smallest absolute Gasteiger partial charge is 0.229 e. The standard InChI is InChI=1S/C20H18Cl2N4/c1-13-8-19(26-7-6-14-4-2-3-5-15(14)12-26)25-20(23-13)24-18-10-16(21)9-17(22)11-18/h2-5,8-11H,6-7,12H2,1H3,(H,23,24,25). The zero-order chi connectivity index (χ0) is 18.1. The largest absolute Gasteiger partial charge is 0.352 e. The van der Waals surface area contributed by atoms with Crippen molar-refractivity contribution in [2.24, 2.45) is 0 Å². The molecule has 4 nitrogen and oxygen atoms in total. The Balaban J connectivity index is 1.61. The predicted octanol–water partition coefficient (Wildman–Crippen LogP) is 5.40. The van der Waals surface area contributed by atoms with E-state index in [0.717, 1.165) is 36.7 Å². The van der Waals surface area contributed by atoms with Gasteiger partial charge in [0.1, 0.15) is 5.82 Å². The summed E-state index contributed by atoms with van der Waals surface area (Å²) in [5.74, 6) is 1.46.